The fourth-order valence-corrected chi connectivity index (χ4v) is 1.68. The molecule has 92 valence electrons. The van der Waals surface area contributed by atoms with E-state index in [1.54, 1.807) is 12.4 Å². The van der Waals surface area contributed by atoms with Gasteiger partial charge in [-0.05, 0) is 12.1 Å². The average molecular weight is 249 g/mol. The van der Waals surface area contributed by atoms with Gasteiger partial charge in [0.05, 0.1) is 5.69 Å². The van der Waals surface area contributed by atoms with Crippen LogP contribution in [0, 0.1) is 0 Å². The van der Waals surface area contributed by atoms with Crippen LogP contribution < -0.4 is 5.32 Å². The number of nitrogens with zero attached hydrogens (tertiary/aromatic N) is 4. The minimum atomic E-state index is 0.736. The highest BCUT2D eigenvalue weighted by atomic mass is 15.0. The van der Waals surface area contributed by atoms with Gasteiger partial charge in [-0.15, -0.1) is 0 Å². The lowest BCUT2D eigenvalue weighted by atomic mass is 10.2. The second-order valence-corrected chi connectivity index (χ2v) is 3.91. The summed E-state index contributed by atoms with van der Waals surface area (Å²) in [6.45, 7) is 0. The normalized spacial score (nSPS) is 10.1. The molecule has 5 nitrogen and oxygen atoms in total. The van der Waals surface area contributed by atoms with Crippen LogP contribution in [0.15, 0.2) is 61.4 Å². The first-order chi connectivity index (χ1) is 9.42. The molecule has 0 bridgehead atoms. The largest absolute Gasteiger partial charge is 0.340 e. The molecule has 0 spiro atoms. The van der Waals surface area contributed by atoms with Gasteiger partial charge in [0.1, 0.15) is 18.5 Å². The Morgan fingerprint density at radius 1 is 0.842 bits per heavy atom. The van der Waals surface area contributed by atoms with Crippen molar-refractivity contribution in [1.82, 2.24) is 19.9 Å². The van der Waals surface area contributed by atoms with Crippen molar-refractivity contribution in [2.75, 3.05) is 5.32 Å². The van der Waals surface area contributed by atoms with Crippen molar-refractivity contribution in [1.29, 1.82) is 0 Å². The average Bonchev–Trinajstić information content (AvgIpc) is 2.49. The van der Waals surface area contributed by atoms with Crippen molar-refractivity contribution >= 4 is 11.5 Å². The van der Waals surface area contributed by atoms with Crippen LogP contribution in [-0.2, 0) is 0 Å². The summed E-state index contributed by atoms with van der Waals surface area (Å²) in [5.74, 6) is 0.736. The van der Waals surface area contributed by atoms with Crippen LogP contribution in [0.3, 0.4) is 0 Å². The summed E-state index contributed by atoms with van der Waals surface area (Å²) < 4.78 is 0. The molecule has 2 aromatic heterocycles. The van der Waals surface area contributed by atoms with E-state index in [1.165, 1.54) is 12.7 Å². The van der Waals surface area contributed by atoms with Gasteiger partial charge in [0, 0.05) is 29.7 Å². The monoisotopic (exact) mass is 249 g/mol. The Kier molecular flexibility index (Phi) is 3.10. The zero-order valence-electron chi connectivity index (χ0n) is 10.1. The Morgan fingerprint density at radius 3 is 2.42 bits per heavy atom. The van der Waals surface area contributed by atoms with E-state index in [0.29, 0.717) is 0 Å². The second-order valence-electron chi connectivity index (χ2n) is 3.91. The smallest absolute Gasteiger partial charge is 0.134 e. The SMILES string of the molecule is c1ccc(Nc2cc(-c3cncnc3)ncn2)cc1. The highest BCUT2D eigenvalue weighted by molar-refractivity contribution is 5.63. The third-order valence-electron chi connectivity index (χ3n) is 2.57. The van der Waals surface area contributed by atoms with Gasteiger partial charge in [0.15, 0.2) is 0 Å². The third kappa shape index (κ3) is 2.71. The molecule has 0 aliphatic heterocycles. The van der Waals surface area contributed by atoms with E-state index in [4.69, 9.17) is 0 Å². The number of hydrogen-bond acceptors (Lipinski definition) is 5. The molecule has 0 radical (unpaired) electrons. The Balaban J connectivity index is 1.89. The van der Waals surface area contributed by atoms with E-state index >= 15 is 0 Å². The lowest BCUT2D eigenvalue weighted by molar-refractivity contribution is 1.13. The minimum Gasteiger partial charge on any atom is -0.340 e. The number of rotatable bonds is 3. The Morgan fingerprint density at radius 2 is 1.63 bits per heavy atom. The Bertz CT molecular complexity index is 655. The van der Waals surface area contributed by atoms with E-state index in [-0.39, 0.29) is 0 Å². The maximum atomic E-state index is 4.22. The highest BCUT2D eigenvalue weighted by Gasteiger charge is 2.02. The molecule has 0 unspecified atom stereocenters. The zero-order valence-corrected chi connectivity index (χ0v) is 10.1. The van der Waals surface area contributed by atoms with Gasteiger partial charge >= 0.3 is 0 Å². The van der Waals surface area contributed by atoms with Crippen LogP contribution in [0.25, 0.3) is 11.3 Å². The number of anilines is 2. The van der Waals surface area contributed by atoms with E-state index in [9.17, 15) is 0 Å². The zero-order chi connectivity index (χ0) is 12.9. The lowest BCUT2D eigenvalue weighted by Crippen LogP contribution is -1.95. The first-order valence-electron chi connectivity index (χ1n) is 5.81. The molecule has 5 heteroatoms. The molecule has 2 heterocycles. The standard InChI is InChI=1S/C14H11N5/c1-2-4-12(5-3-1)19-14-6-13(17-10-18-14)11-7-15-9-16-8-11/h1-10H,(H,17,18,19). The lowest BCUT2D eigenvalue weighted by Gasteiger charge is -2.06. The molecule has 0 atom stereocenters. The molecule has 0 fully saturated rings. The van der Waals surface area contributed by atoms with Crippen LogP contribution >= 0.6 is 0 Å². The minimum absolute atomic E-state index is 0.736. The maximum Gasteiger partial charge on any atom is 0.134 e. The summed E-state index contributed by atoms with van der Waals surface area (Å²) in [4.78, 5) is 16.4. The van der Waals surface area contributed by atoms with E-state index in [0.717, 1.165) is 22.8 Å². The van der Waals surface area contributed by atoms with Gasteiger partial charge in [-0.2, -0.15) is 0 Å². The summed E-state index contributed by atoms with van der Waals surface area (Å²) in [5, 5.41) is 3.22. The summed E-state index contributed by atoms with van der Waals surface area (Å²) in [6, 6.07) is 11.7. The number of hydrogen-bond donors (Lipinski definition) is 1. The van der Waals surface area contributed by atoms with Crippen molar-refractivity contribution in [3.05, 3.63) is 61.4 Å². The van der Waals surface area contributed by atoms with Gasteiger partial charge in [0.2, 0.25) is 0 Å². The molecule has 3 rings (SSSR count). The van der Waals surface area contributed by atoms with Crippen molar-refractivity contribution in [3.63, 3.8) is 0 Å². The molecule has 0 aliphatic carbocycles. The number of benzene rings is 1. The third-order valence-corrected chi connectivity index (χ3v) is 2.57. The molecule has 0 saturated heterocycles. The number of para-hydroxylation sites is 1. The topological polar surface area (TPSA) is 63.6 Å². The molecule has 3 aromatic rings. The van der Waals surface area contributed by atoms with Gasteiger partial charge in [-0.25, -0.2) is 19.9 Å². The second kappa shape index (κ2) is 5.22. The molecule has 1 aromatic carbocycles. The quantitative estimate of drug-likeness (QED) is 0.773. The van der Waals surface area contributed by atoms with Gasteiger partial charge in [-0.1, -0.05) is 18.2 Å². The molecular weight excluding hydrogens is 238 g/mol. The van der Waals surface area contributed by atoms with Crippen LogP contribution in [0.5, 0.6) is 0 Å². The molecule has 0 amide bonds. The molecule has 1 N–H and O–H groups in total. The fourth-order valence-electron chi connectivity index (χ4n) is 1.68. The molecule has 0 saturated carbocycles. The van der Waals surface area contributed by atoms with E-state index < -0.39 is 0 Å². The summed E-state index contributed by atoms with van der Waals surface area (Å²) >= 11 is 0. The maximum absolute atomic E-state index is 4.22. The summed E-state index contributed by atoms with van der Waals surface area (Å²) in [7, 11) is 0. The predicted octanol–water partition coefficient (Wildman–Crippen LogP) is 2.68. The molecule has 0 aliphatic rings. The van der Waals surface area contributed by atoms with Gasteiger partial charge in [0.25, 0.3) is 0 Å². The summed E-state index contributed by atoms with van der Waals surface area (Å²) in [5.41, 5.74) is 2.63. The Labute approximate surface area is 110 Å². The van der Waals surface area contributed by atoms with E-state index in [2.05, 4.69) is 25.3 Å². The van der Waals surface area contributed by atoms with Crippen LogP contribution in [0.1, 0.15) is 0 Å². The van der Waals surface area contributed by atoms with Crippen LogP contribution in [0.4, 0.5) is 11.5 Å². The first-order valence-corrected chi connectivity index (χ1v) is 5.81. The molecule has 19 heavy (non-hydrogen) atoms. The highest BCUT2D eigenvalue weighted by Crippen LogP contribution is 2.19. The Hall–Kier alpha value is -2.82. The van der Waals surface area contributed by atoms with Crippen molar-refractivity contribution in [2.45, 2.75) is 0 Å². The van der Waals surface area contributed by atoms with Crippen LogP contribution in [0.2, 0.25) is 0 Å². The number of nitrogens with one attached hydrogen (secondary N) is 1. The van der Waals surface area contributed by atoms with Crippen molar-refractivity contribution in [2.24, 2.45) is 0 Å². The first kappa shape index (κ1) is 11.3. The van der Waals surface area contributed by atoms with Gasteiger partial charge in [-0.3, -0.25) is 0 Å². The fraction of sp³-hybridized carbons (Fsp3) is 0. The predicted molar refractivity (Wildman–Crippen MR) is 72.8 cm³/mol. The number of aromatic nitrogens is 4. The van der Waals surface area contributed by atoms with Gasteiger partial charge < -0.3 is 5.32 Å². The van der Waals surface area contributed by atoms with Crippen molar-refractivity contribution in [3.8, 4) is 11.3 Å². The van der Waals surface area contributed by atoms with Crippen molar-refractivity contribution < 1.29 is 0 Å². The molecular formula is C14H11N5. The van der Waals surface area contributed by atoms with E-state index in [1.807, 2.05) is 36.4 Å². The summed E-state index contributed by atoms with van der Waals surface area (Å²) in [6.07, 6.45) is 6.46. The van der Waals surface area contributed by atoms with Crippen LogP contribution in [-0.4, -0.2) is 19.9 Å².